The molecule has 5 nitrogen and oxygen atoms in total. The smallest absolute Gasteiger partial charge is 0.251 e. The van der Waals surface area contributed by atoms with Crippen LogP contribution in [-0.2, 0) is 11.2 Å². The number of amides is 1. The van der Waals surface area contributed by atoms with Crippen LogP contribution in [0.2, 0.25) is 0 Å². The van der Waals surface area contributed by atoms with Crippen molar-refractivity contribution in [2.45, 2.75) is 17.2 Å². The molecule has 1 aromatic rings. The van der Waals surface area contributed by atoms with Crippen molar-refractivity contribution in [1.29, 1.82) is 0 Å². The molecule has 1 aliphatic rings. The molecule has 0 saturated carbocycles. The van der Waals surface area contributed by atoms with Crippen LogP contribution in [0.4, 0.5) is 0 Å². The fourth-order valence-corrected chi connectivity index (χ4v) is 3.38. The van der Waals surface area contributed by atoms with E-state index in [9.17, 15) is 4.79 Å². The Labute approximate surface area is 129 Å². The lowest BCUT2D eigenvalue weighted by molar-refractivity contribution is -0.127. The topological polar surface area (TPSA) is 61.6 Å². The summed E-state index contributed by atoms with van der Waals surface area (Å²) in [6, 6.07) is 9.72. The zero-order valence-corrected chi connectivity index (χ0v) is 13.1. The Kier molecular flexibility index (Phi) is 5.74. The van der Waals surface area contributed by atoms with Crippen LogP contribution in [0, 0.1) is 0 Å². The van der Waals surface area contributed by atoms with Gasteiger partial charge in [-0.25, -0.2) is 5.84 Å². The van der Waals surface area contributed by atoms with Crippen LogP contribution >= 0.6 is 24.4 Å². The van der Waals surface area contributed by atoms with Gasteiger partial charge < -0.3 is 0 Å². The highest BCUT2D eigenvalue weighted by atomic mass is 32.2. The highest BCUT2D eigenvalue weighted by Crippen LogP contribution is 2.26. The average Bonchev–Trinajstić information content (AvgIpc) is 2.48. The first kappa shape index (κ1) is 15.7. The number of nitrogens with two attached hydrogens (primary N) is 1. The fraction of sp³-hybridized carbons (Fsp3) is 0.462. The second-order valence-electron chi connectivity index (χ2n) is 4.82. The van der Waals surface area contributed by atoms with E-state index in [4.69, 9.17) is 5.84 Å². The van der Waals surface area contributed by atoms with Gasteiger partial charge in [-0.1, -0.05) is 30.3 Å². The van der Waals surface area contributed by atoms with Crippen LogP contribution < -0.4 is 11.3 Å². The molecule has 2 rings (SSSR count). The zero-order chi connectivity index (χ0) is 14.5. The number of rotatable bonds is 4. The summed E-state index contributed by atoms with van der Waals surface area (Å²) in [6.07, 6.45) is 0.648. The van der Waals surface area contributed by atoms with Crippen LogP contribution in [0.15, 0.2) is 30.3 Å². The normalized spacial score (nSPS) is 22.4. The number of nitrogens with zero attached hydrogens (tertiary/aromatic N) is 2. The number of nitrogens with one attached hydrogen (secondary N) is 1. The number of carbonyl (C=O) groups is 1. The molecule has 0 radical (unpaired) electrons. The molecule has 2 atom stereocenters. The molecular weight excluding hydrogens is 292 g/mol. The van der Waals surface area contributed by atoms with E-state index in [0.29, 0.717) is 13.1 Å². The first-order valence-corrected chi connectivity index (χ1v) is 7.96. The van der Waals surface area contributed by atoms with E-state index in [0.717, 1.165) is 11.4 Å². The minimum Gasteiger partial charge on any atom is -0.293 e. The van der Waals surface area contributed by atoms with E-state index in [-0.39, 0.29) is 16.7 Å². The lowest BCUT2D eigenvalue weighted by Gasteiger charge is -2.40. The number of hydrazine groups is 1. The lowest BCUT2D eigenvalue weighted by Crippen LogP contribution is -2.55. The molecule has 0 spiro atoms. The van der Waals surface area contributed by atoms with Crippen molar-refractivity contribution in [3.63, 3.8) is 0 Å². The van der Waals surface area contributed by atoms with Gasteiger partial charge in [0.05, 0.1) is 12.7 Å². The second kappa shape index (κ2) is 7.33. The monoisotopic (exact) mass is 312 g/mol. The molecule has 1 saturated heterocycles. The van der Waals surface area contributed by atoms with Crippen LogP contribution in [-0.4, -0.2) is 46.0 Å². The molecular formula is C13H20N4OS2. The lowest BCUT2D eigenvalue weighted by atomic mass is 10.0. The van der Waals surface area contributed by atoms with Gasteiger partial charge in [0.15, 0.2) is 0 Å². The number of hydrogen-bond donors (Lipinski definition) is 3. The number of thioether (sulfide) groups is 1. The highest BCUT2D eigenvalue weighted by Gasteiger charge is 2.31. The third-order valence-electron chi connectivity index (χ3n) is 3.33. The summed E-state index contributed by atoms with van der Waals surface area (Å²) in [5.41, 5.74) is 3.41. The zero-order valence-electron chi connectivity index (χ0n) is 11.4. The maximum absolute atomic E-state index is 12.1. The van der Waals surface area contributed by atoms with Gasteiger partial charge in [0, 0.05) is 5.88 Å². The van der Waals surface area contributed by atoms with E-state index < -0.39 is 0 Å². The molecule has 1 aromatic carbocycles. The first-order chi connectivity index (χ1) is 9.61. The van der Waals surface area contributed by atoms with Crippen LogP contribution in [0.5, 0.6) is 0 Å². The summed E-state index contributed by atoms with van der Waals surface area (Å²) in [4.78, 5) is 16.3. The highest BCUT2D eigenvalue weighted by molar-refractivity contribution is 8.10. The SMILES string of the molecule is CN1CN(C(Cc2ccccc2)C(=O)NN)CSC1S. The molecule has 2 unspecified atom stereocenters. The van der Waals surface area contributed by atoms with Gasteiger partial charge in [0.2, 0.25) is 0 Å². The average molecular weight is 312 g/mol. The van der Waals surface area contributed by atoms with Crippen molar-refractivity contribution in [3.8, 4) is 0 Å². The Hall–Kier alpha value is -0.730. The van der Waals surface area contributed by atoms with Gasteiger partial charge >= 0.3 is 0 Å². The maximum Gasteiger partial charge on any atom is 0.251 e. The maximum atomic E-state index is 12.1. The number of thiol groups is 1. The minimum absolute atomic E-state index is 0.152. The molecule has 0 bridgehead atoms. The van der Waals surface area contributed by atoms with Crippen LogP contribution in [0.1, 0.15) is 5.56 Å². The van der Waals surface area contributed by atoms with Gasteiger partial charge in [-0.15, -0.1) is 24.4 Å². The first-order valence-electron chi connectivity index (χ1n) is 6.40. The Morgan fingerprint density at radius 2 is 2.25 bits per heavy atom. The van der Waals surface area contributed by atoms with Crippen molar-refractivity contribution >= 4 is 30.3 Å². The Morgan fingerprint density at radius 1 is 1.55 bits per heavy atom. The molecule has 0 aliphatic carbocycles. The summed E-state index contributed by atoms with van der Waals surface area (Å²) in [6.45, 7) is 0.700. The van der Waals surface area contributed by atoms with Gasteiger partial charge in [-0.2, -0.15) is 0 Å². The molecule has 1 heterocycles. The second-order valence-corrected chi connectivity index (χ2v) is 6.70. The summed E-state index contributed by atoms with van der Waals surface area (Å²) < 4.78 is 0.171. The molecule has 110 valence electrons. The molecule has 1 fully saturated rings. The molecule has 1 amide bonds. The molecule has 1 aliphatic heterocycles. The Bertz CT molecular complexity index is 445. The van der Waals surface area contributed by atoms with Crippen LogP contribution in [0.3, 0.4) is 0 Å². The molecule has 0 aromatic heterocycles. The minimum atomic E-state index is -0.266. The molecule has 7 heteroatoms. The van der Waals surface area contributed by atoms with Gasteiger partial charge in [-0.3, -0.25) is 20.0 Å². The summed E-state index contributed by atoms with van der Waals surface area (Å²) in [5, 5.41) is 0. The molecule has 20 heavy (non-hydrogen) atoms. The van der Waals surface area contributed by atoms with Crippen LogP contribution in [0.25, 0.3) is 0 Å². The Balaban J connectivity index is 2.10. The van der Waals surface area contributed by atoms with E-state index in [1.54, 1.807) is 11.8 Å². The van der Waals surface area contributed by atoms with E-state index in [1.165, 1.54) is 0 Å². The molecule has 3 N–H and O–H groups in total. The quantitative estimate of drug-likeness (QED) is 0.331. The van der Waals surface area contributed by atoms with E-state index in [2.05, 4.69) is 27.9 Å². The summed E-state index contributed by atoms with van der Waals surface area (Å²) in [5.74, 6) is 5.95. The van der Waals surface area contributed by atoms with Gasteiger partial charge in [-0.05, 0) is 19.0 Å². The van der Waals surface area contributed by atoms with Crippen molar-refractivity contribution in [1.82, 2.24) is 15.2 Å². The number of hydrogen-bond acceptors (Lipinski definition) is 6. The number of carbonyl (C=O) groups excluding carboxylic acids is 1. The fourth-order valence-electron chi connectivity index (χ4n) is 2.20. The third kappa shape index (κ3) is 3.89. The standard InChI is InChI=1S/C13H20N4OS2/c1-16-8-17(9-20-13(16)19)11(12(18)15-14)7-10-5-3-2-4-6-10/h2-6,11,13,19H,7-9,14H2,1H3,(H,15,18). The van der Waals surface area contributed by atoms with Gasteiger partial charge in [0.1, 0.15) is 4.71 Å². The van der Waals surface area contributed by atoms with Crippen molar-refractivity contribution in [2.75, 3.05) is 19.6 Å². The predicted molar refractivity (Wildman–Crippen MR) is 86.0 cm³/mol. The van der Waals surface area contributed by atoms with Crippen molar-refractivity contribution in [3.05, 3.63) is 35.9 Å². The summed E-state index contributed by atoms with van der Waals surface area (Å²) >= 11 is 6.17. The van der Waals surface area contributed by atoms with Gasteiger partial charge in [0.25, 0.3) is 5.91 Å². The Morgan fingerprint density at radius 3 is 2.85 bits per heavy atom. The predicted octanol–water partition coefficient (Wildman–Crippen LogP) is 0.697. The largest absolute Gasteiger partial charge is 0.293 e. The van der Waals surface area contributed by atoms with Crippen molar-refractivity contribution in [2.24, 2.45) is 5.84 Å². The van der Waals surface area contributed by atoms with E-state index >= 15 is 0 Å². The van der Waals surface area contributed by atoms with E-state index in [1.807, 2.05) is 37.4 Å². The third-order valence-corrected chi connectivity index (χ3v) is 5.31. The van der Waals surface area contributed by atoms with Crippen molar-refractivity contribution < 1.29 is 4.79 Å². The number of benzene rings is 1. The summed E-state index contributed by atoms with van der Waals surface area (Å²) in [7, 11) is 2.00.